The normalized spacial score (nSPS) is 22.0. The molecule has 0 aliphatic carbocycles. The van der Waals surface area contributed by atoms with Gasteiger partial charge in [-0.05, 0) is 0 Å². The van der Waals surface area contributed by atoms with Crippen molar-refractivity contribution in [1.29, 1.82) is 0 Å². The van der Waals surface area contributed by atoms with Gasteiger partial charge in [0.1, 0.15) is 0 Å². The maximum Gasteiger partial charge on any atom is 1.00 e. The van der Waals surface area contributed by atoms with E-state index >= 15 is 0 Å². The van der Waals surface area contributed by atoms with E-state index in [1.54, 1.807) is 4.81 Å². The van der Waals surface area contributed by atoms with Crippen LogP contribution in [0.3, 0.4) is 0 Å². The van der Waals surface area contributed by atoms with Gasteiger partial charge in [0.2, 0.25) is 0 Å². The maximum absolute atomic E-state index is 5.39. The fourth-order valence-corrected chi connectivity index (χ4v) is 0.577. The average molecular weight is 105 g/mol. The van der Waals surface area contributed by atoms with E-state index in [-0.39, 0.29) is 20.3 Å². The molecule has 1 rings (SSSR count). The molecule has 2 nitrogen and oxygen atoms in total. The molecular formula is C4H9BLiNO. The first-order valence-electron chi connectivity index (χ1n) is 2.47. The van der Waals surface area contributed by atoms with Crippen molar-refractivity contribution in [3.8, 4) is 0 Å². The number of rotatable bonds is 0. The first-order valence-corrected chi connectivity index (χ1v) is 2.47. The zero-order valence-electron chi connectivity index (χ0n) is 6.26. The Bertz CT molecular complexity index is 62.5. The molecule has 0 aromatic rings. The zero-order chi connectivity index (χ0) is 5.11. The average Bonchev–Trinajstić information content (AvgIpc) is 1.69. The monoisotopic (exact) mass is 105 g/mol. The Balaban J connectivity index is 0. The summed E-state index contributed by atoms with van der Waals surface area (Å²) < 4.78 is 5.02. The van der Waals surface area contributed by atoms with Crippen LogP contribution < -0.4 is 18.9 Å². The molecule has 0 atom stereocenters. The van der Waals surface area contributed by atoms with Crippen molar-refractivity contribution in [3.05, 3.63) is 0 Å². The maximum atomic E-state index is 5.39. The fraction of sp³-hybridized carbons (Fsp3) is 1.00. The summed E-state index contributed by atoms with van der Waals surface area (Å²) in [5.41, 5.74) is 0. The van der Waals surface area contributed by atoms with Crippen molar-refractivity contribution in [2.75, 3.05) is 26.3 Å². The third kappa shape index (κ3) is 2.78. The zero-order valence-corrected chi connectivity index (χ0v) is 5.26. The minimum Gasteiger partial charge on any atom is -1.00 e. The van der Waals surface area contributed by atoms with Crippen LogP contribution in [0.2, 0.25) is 0 Å². The van der Waals surface area contributed by atoms with Crippen LogP contribution in [0.25, 0.3) is 0 Å². The molecule has 1 saturated heterocycles. The van der Waals surface area contributed by atoms with Crippen LogP contribution in [0.15, 0.2) is 0 Å². The van der Waals surface area contributed by atoms with Crippen molar-refractivity contribution < 1.29 is 25.0 Å². The van der Waals surface area contributed by atoms with Crippen molar-refractivity contribution in [2.45, 2.75) is 0 Å². The van der Waals surface area contributed by atoms with Crippen molar-refractivity contribution >= 4 is 7.98 Å². The summed E-state index contributed by atoms with van der Waals surface area (Å²) in [7, 11) is 5.39. The Morgan fingerprint density at radius 3 is 2.12 bits per heavy atom. The molecule has 1 heterocycles. The Morgan fingerprint density at radius 2 is 1.88 bits per heavy atom. The van der Waals surface area contributed by atoms with Crippen molar-refractivity contribution in [3.63, 3.8) is 0 Å². The van der Waals surface area contributed by atoms with Crippen molar-refractivity contribution in [1.82, 2.24) is 4.81 Å². The third-order valence-electron chi connectivity index (χ3n) is 1.05. The van der Waals surface area contributed by atoms with Crippen LogP contribution in [0.4, 0.5) is 0 Å². The van der Waals surface area contributed by atoms with Crippen LogP contribution >= 0.6 is 0 Å². The molecule has 0 N–H and O–H groups in total. The Kier molecular flexibility index (Phi) is 4.78. The second-order valence-electron chi connectivity index (χ2n) is 1.65. The van der Waals surface area contributed by atoms with E-state index in [9.17, 15) is 0 Å². The van der Waals surface area contributed by atoms with Crippen LogP contribution in [-0.4, -0.2) is 39.1 Å². The van der Waals surface area contributed by atoms with Crippen LogP contribution in [-0.2, 0) is 4.74 Å². The molecule has 0 amide bonds. The second-order valence-corrected chi connectivity index (χ2v) is 1.65. The molecule has 40 valence electrons. The Labute approximate surface area is 64.7 Å². The molecular weight excluding hydrogens is 95.8 g/mol. The first-order chi connectivity index (χ1) is 3.39. The number of hydrogen-bond acceptors (Lipinski definition) is 2. The predicted octanol–water partition coefficient (Wildman–Crippen LogP) is -3.48. The molecule has 0 aromatic heterocycles. The molecule has 1 aliphatic heterocycles. The SMILES string of the molecule is [B]N1CCOCC1.[H-].[Li+]. The molecule has 0 bridgehead atoms. The van der Waals surface area contributed by atoms with Gasteiger partial charge in [-0.15, -0.1) is 0 Å². The number of hydrogen-bond donors (Lipinski definition) is 0. The van der Waals surface area contributed by atoms with Gasteiger partial charge in [0.05, 0.1) is 13.2 Å². The summed E-state index contributed by atoms with van der Waals surface area (Å²) in [5, 5.41) is 0. The van der Waals surface area contributed by atoms with E-state index in [4.69, 9.17) is 12.7 Å². The minimum atomic E-state index is 0. The smallest absolute Gasteiger partial charge is 1.00 e. The number of nitrogens with zero attached hydrogens (tertiary/aromatic N) is 1. The number of ether oxygens (including phenoxy) is 1. The van der Waals surface area contributed by atoms with Gasteiger partial charge in [-0.2, -0.15) is 0 Å². The number of morpholine rings is 1. The van der Waals surface area contributed by atoms with E-state index in [1.807, 2.05) is 0 Å². The molecule has 0 aromatic carbocycles. The van der Waals surface area contributed by atoms with Gasteiger partial charge in [-0.25, -0.2) is 0 Å². The molecule has 0 spiro atoms. The summed E-state index contributed by atoms with van der Waals surface area (Å²) >= 11 is 0. The quantitative estimate of drug-likeness (QED) is 0.296. The standard InChI is InChI=1S/C4H8BNO.Li.H/c5-6-1-3-7-4-2-6;;/h1-4H2;;/q;+1;-1. The van der Waals surface area contributed by atoms with Crippen LogP contribution in [0.5, 0.6) is 0 Å². The minimum absolute atomic E-state index is 0. The predicted molar refractivity (Wildman–Crippen MR) is 29.3 cm³/mol. The summed E-state index contributed by atoms with van der Waals surface area (Å²) in [6, 6.07) is 0. The summed E-state index contributed by atoms with van der Waals surface area (Å²) in [6.07, 6.45) is 0. The molecule has 2 radical (unpaired) electrons. The van der Waals surface area contributed by atoms with Crippen molar-refractivity contribution in [2.24, 2.45) is 0 Å². The van der Waals surface area contributed by atoms with E-state index in [0.29, 0.717) is 0 Å². The third-order valence-corrected chi connectivity index (χ3v) is 1.05. The largest absolute Gasteiger partial charge is 1.00 e. The van der Waals surface area contributed by atoms with Gasteiger partial charge < -0.3 is 11.0 Å². The van der Waals surface area contributed by atoms with Gasteiger partial charge >= 0.3 is 18.9 Å². The topological polar surface area (TPSA) is 12.5 Å². The van der Waals surface area contributed by atoms with Gasteiger partial charge in [-0.1, -0.05) is 0 Å². The Morgan fingerprint density at radius 1 is 1.38 bits per heavy atom. The summed E-state index contributed by atoms with van der Waals surface area (Å²) in [6.45, 7) is 3.33. The molecule has 1 fully saturated rings. The van der Waals surface area contributed by atoms with Gasteiger partial charge in [0.25, 0.3) is 0 Å². The summed E-state index contributed by atoms with van der Waals surface area (Å²) in [4.78, 5) is 1.77. The van der Waals surface area contributed by atoms with E-state index in [0.717, 1.165) is 26.3 Å². The van der Waals surface area contributed by atoms with E-state index in [2.05, 4.69) is 0 Å². The van der Waals surface area contributed by atoms with Gasteiger partial charge in [0.15, 0.2) is 7.98 Å². The van der Waals surface area contributed by atoms with Crippen LogP contribution in [0, 0.1) is 0 Å². The van der Waals surface area contributed by atoms with Crippen LogP contribution in [0.1, 0.15) is 1.43 Å². The molecule has 0 unspecified atom stereocenters. The first kappa shape index (κ1) is 8.58. The molecule has 0 saturated carbocycles. The van der Waals surface area contributed by atoms with E-state index in [1.165, 1.54) is 0 Å². The molecule has 1 aliphatic rings. The van der Waals surface area contributed by atoms with Gasteiger partial charge in [0, 0.05) is 13.1 Å². The Hall–Kier alpha value is 0.582. The summed E-state index contributed by atoms with van der Waals surface area (Å²) in [5.74, 6) is 0. The van der Waals surface area contributed by atoms with E-state index < -0.39 is 0 Å². The molecule has 8 heavy (non-hydrogen) atoms. The van der Waals surface area contributed by atoms with Gasteiger partial charge in [-0.3, -0.25) is 0 Å². The fourth-order valence-electron chi connectivity index (χ4n) is 0.577. The molecule has 4 heteroatoms. The second kappa shape index (κ2) is 4.46.